The van der Waals surface area contributed by atoms with Gasteiger partial charge in [-0.15, -0.1) is 0 Å². The second-order valence-corrected chi connectivity index (χ2v) is 10.8. The zero-order valence-electron chi connectivity index (χ0n) is 22.6. The highest BCUT2D eigenvalue weighted by molar-refractivity contribution is 6.13. The first-order valence-electron chi connectivity index (χ1n) is 13.9. The van der Waals surface area contributed by atoms with E-state index in [0.29, 0.717) is 24.6 Å². The van der Waals surface area contributed by atoms with Gasteiger partial charge >= 0.3 is 6.03 Å². The molecule has 7 rings (SSSR count). The maximum absolute atomic E-state index is 13.5. The maximum atomic E-state index is 13.5. The number of halogens is 1. The Kier molecular flexibility index (Phi) is 6.56. The van der Waals surface area contributed by atoms with Crippen LogP contribution in [0.5, 0.6) is 0 Å². The lowest BCUT2D eigenvalue weighted by Gasteiger charge is -2.33. The SMILES string of the molecule is CN1CCN(C(=O)NC2C=C(c3cnc4n[nH]c(C5=NC6C(c7ccc(F)cc7)=CCNC6N5)c4c3)C=NC2)CC1. The number of nitrogens with one attached hydrogen (secondary N) is 4. The fourth-order valence-corrected chi connectivity index (χ4v) is 5.71. The number of carbonyl (C=O) groups excluding carboxylic acids is 1. The second-order valence-electron chi connectivity index (χ2n) is 10.8. The van der Waals surface area contributed by atoms with Crippen LogP contribution in [0.25, 0.3) is 22.2 Å². The lowest BCUT2D eigenvalue weighted by atomic mass is 9.94. The van der Waals surface area contributed by atoms with Crippen LogP contribution in [0.2, 0.25) is 0 Å². The van der Waals surface area contributed by atoms with Crippen LogP contribution in [0.1, 0.15) is 16.8 Å². The van der Waals surface area contributed by atoms with Crippen molar-refractivity contribution in [2.45, 2.75) is 18.2 Å². The average molecular weight is 555 g/mol. The van der Waals surface area contributed by atoms with Gasteiger partial charge in [-0.25, -0.2) is 14.2 Å². The zero-order chi connectivity index (χ0) is 27.9. The number of rotatable bonds is 4. The number of nitrogens with zero attached hydrogens (tertiary/aromatic N) is 6. The molecule has 3 unspecified atom stereocenters. The predicted molar refractivity (Wildman–Crippen MR) is 156 cm³/mol. The van der Waals surface area contributed by atoms with Crippen molar-refractivity contribution in [2.24, 2.45) is 9.98 Å². The number of likely N-dealkylation sites (N-methyl/N-ethyl adjacent to an activating group) is 1. The van der Waals surface area contributed by atoms with Crippen LogP contribution < -0.4 is 16.0 Å². The van der Waals surface area contributed by atoms with E-state index in [-0.39, 0.29) is 30.1 Å². The van der Waals surface area contributed by atoms with Gasteiger partial charge in [-0.3, -0.25) is 20.4 Å². The number of aromatic amines is 1. The predicted octanol–water partition coefficient (Wildman–Crippen LogP) is 1.62. The number of fused-ring (bicyclic) bond motifs is 2. The summed E-state index contributed by atoms with van der Waals surface area (Å²) in [5.41, 5.74) is 5.09. The number of H-pyrrole nitrogens is 1. The Hall–Kier alpha value is -4.42. The van der Waals surface area contributed by atoms with Crippen LogP contribution in [0.3, 0.4) is 0 Å². The number of hydrogen-bond acceptors (Lipinski definition) is 8. The third kappa shape index (κ3) is 5.00. The molecule has 0 radical (unpaired) electrons. The molecule has 4 aliphatic rings. The molecule has 1 saturated heterocycles. The molecule has 2 aromatic heterocycles. The van der Waals surface area contributed by atoms with Crippen LogP contribution in [-0.2, 0) is 0 Å². The molecule has 11 nitrogen and oxygen atoms in total. The van der Waals surface area contributed by atoms with Crippen molar-refractivity contribution in [1.82, 2.24) is 40.9 Å². The Labute approximate surface area is 236 Å². The Morgan fingerprint density at radius 3 is 2.78 bits per heavy atom. The number of benzene rings is 1. The number of urea groups is 1. The molecule has 3 aromatic rings. The van der Waals surface area contributed by atoms with Gasteiger partial charge in [0.25, 0.3) is 0 Å². The third-order valence-electron chi connectivity index (χ3n) is 8.02. The van der Waals surface area contributed by atoms with Gasteiger partial charge < -0.3 is 20.4 Å². The van der Waals surface area contributed by atoms with Crippen molar-refractivity contribution in [3.8, 4) is 0 Å². The molecule has 210 valence electrons. The van der Waals surface area contributed by atoms with Gasteiger partial charge in [0.1, 0.15) is 29.6 Å². The van der Waals surface area contributed by atoms with E-state index in [1.54, 1.807) is 18.3 Å². The van der Waals surface area contributed by atoms with Crippen molar-refractivity contribution in [3.63, 3.8) is 0 Å². The Morgan fingerprint density at radius 2 is 1.95 bits per heavy atom. The molecular weight excluding hydrogens is 523 g/mol. The van der Waals surface area contributed by atoms with Crippen LogP contribution in [0.4, 0.5) is 9.18 Å². The number of piperazine rings is 1. The van der Waals surface area contributed by atoms with Crippen molar-refractivity contribution < 1.29 is 9.18 Å². The minimum Gasteiger partial charge on any atom is -0.351 e. The summed E-state index contributed by atoms with van der Waals surface area (Å²) in [6, 6.07) is 8.13. The van der Waals surface area contributed by atoms with Crippen molar-refractivity contribution >= 4 is 40.3 Å². The van der Waals surface area contributed by atoms with Crippen molar-refractivity contribution in [3.05, 3.63) is 71.3 Å². The second kappa shape index (κ2) is 10.5. The molecule has 4 aliphatic heterocycles. The van der Waals surface area contributed by atoms with E-state index in [2.05, 4.69) is 54.1 Å². The summed E-state index contributed by atoms with van der Waals surface area (Å²) in [7, 11) is 2.07. The van der Waals surface area contributed by atoms with Crippen molar-refractivity contribution in [1.29, 1.82) is 0 Å². The van der Waals surface area contributed by atoms with Gasteiger partial charge in [-0.1, -0.05) is 24.3 Å². The van der Waals surface area contributed by atoms with Crippen LogP contribution >= 0.6 is 0 Å². The van der Waals surface area contributed by atoms with Crippen LogP contribution in [0, 0.1) is 5.82 Å². The minimum absolute atomic E-state index is 0.0593. The molecule has 41 heavy (non-hydrogen) atoms. The number of dihydropyridines is 1. The number of hydrogen-bond donors (Lipinski definition) is 4. The van der Waals surface area contributed by atoms with E-state index < -0.39 is 0 Å². The first-order chi connectivity index (χ1) is 20.0. The molecule has 12 heteroatoms. The third-order valence-corrected chi connectivity index (χ3v) is 8.02. The normalized spacial score (nSPS) is 24.4. The minimum atomic E-state index is -0.261. The maximum Gasteiger partial charge on any atom is 0.318 e. The smallest absolute Gasteiger partial charge is 0.318 e. The zero-order valence-corrected chi connectivity index (χ0v) is 22.6. The molecule has 2 amide bonds. The first-order valence-corrected chi connectivity index (χ1v) is 13.9. The Morgan fingerprint density at radius 1 is 1.12 bits per heavy atom. The monoisotopic (exact) mass is 554 g/mol. The molecule has 0 saturated carbocycles. The van der Waals surface area contributed by atoms with Gasteiger partial charge in [-0.2, -0.15) is 5.10 Å². The molecule has 0 bridgehead atoms. The molecule has 3 atom stereocenters. The summed E-state index contributed by atoms with van der Waals surface area (Å²) >= 11 is 0. The Bertz CT molecular complexity index is 1600. The van der Waals surface area contributed by atoms with Crippen molar-refractivity contribution in [2.75, 3.05) is 46.3 Å². The van der Waals surface area contributed by atoms with Gasteiger partial charge in [0.15, 0.2) is 5.65 Å². The highest BCUT2D eigenvalue weighted by Gasteiger charge is 2.35. The van der Waals surface area contributed by atoms with E-state index in [4.69, 9.17) is 4.99 Å². The summed E-state index contributed by atoms with van der Waals surface area (Å²) in [5.74, 6) is 0.426. The van der Waals surface area contributed by atoms with E-state index in [1.807, 2.05) is 23.3 Å². The quantitative estimate of drug-likeness (QED) is 0.389. The number of amides is 2. The summed E-state index contributed by atoms with van der Waals surface area (Å²) in [4.78, 5) is 31.0. The first kappa shape index (κ1) is 25.5. The summed E-state index contributed by atoms with van der Waals surface area (Å²) in [6.07, 6.45) is 7.64. The number of amidine groups is 1. The summed E-state index contributed by atoms with van der Waals surface area (Å²) in [6.45, 7) is 4.36. The fourth-order valence-electron chi connectivity index (χ4n) is 5.71. The standard InChI is InChI=1S/C29H31FN10O/c1-39-8-10-40(11-9-39)29(41)34-21-12-18(14-31-16-21)19-13-23-25(37-38-26(23)33-15-19)28-35-24-22(6-7-32-27(24)36-28)17-2-4-20(30)5-3-17/h2-6,12-15,21,24,27,32H,7-11,16H2,1H3,(H,34,41)(H,35,36)(H,33,37,38). The fraction of sp³-hybridized carbons (Fsp3) is 0.345. The van der Waals surface area contributed by atoms with Gasteiger partial charge in [-0.05, 0) is 42.0 Å². The van der Waals surface area contributed by atoms with Crippen LogP contribution in [0.15, 0.2) is 58.7 Å². The topological polar surface area (TPSA) is 126 Å². The molecule has 0 aliphatic carbocycles. The number of pyridine rings is 1. The molecule has 6 heterocycles. The van der Waals surface area contributed by atoms with Gasteiger partial charge in [0, 0.05) is 50.7 Å². The number of allylic oxidation sites excluding steroid dienone is 1. The highest BCUT2D eigenvalue weighted by atomic mass is 19.1. The molecular formula is C29H31FN10O. The molecule has 1 fully saturated rings. The van der Waals surface area contributed by atoms with E-state index >= 15 is 0 Å². The lowest BCUT2D eigenvalue weighted by molar-refractivity contribution is 0.153. The molecule has 0 spiro atoms. The van der Waals surface area contributed by atoms with Gasteiger partial charge in [0.05, 0.1) is 18.0 Å². The van der Waals surface area contributed by atoms with E-state index in [0.717, 1.165) is 59.5 Å². The molecule has 4 N–H and O–H groups in total. The highest BCUT2D eigenvalue weighted by Crippen LogP contribution is 2.30. The Balaban J connectivity index is 1.13. The lowest BCUT2D eigenvalue weighted by Crippen LogP contribution is -2.53. The number of carbonyl (C=O) groups is 1. The summed E-state index contributed by atoms with van der Waals surface area (Å²) < 4.78 is 13.5. The van der Waals surface area contributed by atoms with Gasteiger partial charge in [0.2, 0.25) is 0 Å². The largest absolute Gasteiger partial charge is 0.351 e. The number of aliphatic imine (C=N–C) groups is 2. The average Bonchev–Trinajstić information content (AvgIpc) is 3.62. The summed E-state index contributed by atoms with van der Waals surface area (Å²) in [5, 5.41) is 18.4. The molecule has 1 aromatic carbocycles. The van der Waals surface area contributed by atoms with E-state index in [9.17, 15) is 9.18 Å². The number of aromatic nitrogens is 3. The van der Waals surface area contributed by atoms with E-state index in [1.165, 1.54) is 12.1 Å². The van der Waals surface area contributed by atoms with Crippen LogP contribution in [-0.4, -0.2) is 108 Å².